The number of hydrogen-bond acceptors (Lipinski definition) is 4. The van der Waals surface area contributed by atoms with Gasteiger partial charge >= 0.3 is 0 Å². The van der Waals surface area contributed by atoms with Crippen molar-refractivity contribution in [1.29, 1.82) is 0 Å². The lowest BCUT2D eigenvalue weighted by Gasteiger charge is -2.24. The molecular formula is C55H18B16N4O. The van der Waals surface area contributed by atoms with Gasteiger partial charge in [-0.05, 0) is 43.9 Å². The smallest absolute Gasteiger partial charge is 0.164 e. The van der Waals surface area contributed by atoms with Gasteiger partial charge in [0, 0.05) is 49.6 Å². The standard InChI is InChI=1S/C55H18B16N4O/c56-32-26-27(34(58)40(64)39(63)33(26)57)37(61)48-28(32)29-35(59)41(65)43(67)45(69)49(29)75(48)50-38(62)31(25-30-36(60)42(66)44(68)46(70)52(30)76-51(25)47(50)71)55-73-53(23-15-11-21(12-16-23)19-7-3-1-4-8-19)72-54(74-55)24-17-13-22(14-18-24)20-9-5-2-6-10-20/h1-18H. The summed E-state index contributed by atoms with van der Waals surface area (Å²) in [6, 6.07) is 35.5. The molecule has 0 aliphatic carbocycles. The summed E-state index contributed by atoms with van der Waals surface area (Å²) in [6.45, 7) is 0. The Morgan fingerprint density at radius 3 is 1.12 bits per heavy atom. The summed E-state index contributed by atoms with van der Waals surface area (Å²) in [7, 11) is 110. The lowest BCUT2D eigenvalue weighted by atomic mass is 9.61. The molecule has 0 unspecified atom stereocenters. The third kappa shape index (κ3) is 7.20. The molecule has 0 aliphatic heterocycles. The van der Waals surface area contributed by atoms with Crippen molar-refractivity contribution in [2.75, 3.05) is 0 Å². The molecule has 0 amide bonds. The zero-order valence-electron chi connectivity index (χ0n) is 40.3. The first-order valence-electron chi connectivity index (χ1n) is 23.5. The van der Waals surface area contributed by atoms with E-state index in [-0.39, 0.29) is 171 Å². The molecule has 9 aromatic carbocycles. The second-order valence-corrected chi connectivity index (χ2v) is 18.6. The third-order valence-electron chi connectivity index (χ3n) is 14.4. The average Bonchev–Trinajstić information content (AvgIpc) is 4.14. The van der Waals surface area contributed by atoms with E-state index < -0.39 is 0 Å². The highest BCUT2D eigenvalue weighted by atomic mass is 16.3. The van der Waals surface area contributed by atoms with Crippen molar-refractivity contribution in [3.63, 3.8) is 0 Å². The maximum absolute atomic E-state index is 7.71. The summed E-state index contributed by atoms with van der Waals surface area (Å²) in [5.41, 5.74) is 5.29. The molecule has 0 fully saturated rings. The van der Waals surface area contributed by atoms with Crippen LogP contribution in [0.4, 0.5) is 0 Å². The van der Waals surface area contributed by atoms with Crippen LogP contribution in [0.2, 0.25) is 0 Å². The summed E-state index contributed by atoms with van der Waals surface area (Å²) in [5.74, 6) is 0.578. The Morgan fingerprint density at radius 1 is 0.263 bits per heavy atom. The average molecular weight is 924 g/mol. The van der Waals surface area contributed by atoms with Crippen molar-refractivity contribution >= 4 is 267 Å². The van der Waals surface area contributed by atoms with Gasteiger partial charge in [-0.25, -0.2) is 15.0 Å². The maximum Gasteiger partial charge on any atom is 0.164 e. The highest BCUT2D eigenvalue weighted by Gasteiger charge is 2.31. The fourth-order valence-electron chi connectivity index (χ4n) is 10.5. The molecule has 12 rings (SSSR count). The maximum atomic E-state index is 7.71. The number of nitrogens with zero attached hydrogens (tertiary/aromatic N) is 4. The third-order valence-corrected chi connectivity index (χ3v) is 14.4. The molecule has 0 saturated heterocycles. The quantitative estimate of drug-likeness (QED) is 0.157. The van der Waals surface area contributed by atoms with Crippen LogP contribution in [0.5, 0.6) is 0 Å². The second-order valence-electron chi connectivity index (χ2n) is 18.6. The predicted molar refractivity (Wildman–Crippen MR) is 332 cm³/mol. The molecule has 0 saturated carbocycles. The highest BCUT2D eigenvalue weighted by molar-refractivity contribution is 6.74. The molecule has 3 heterocycles. The number of fused-ring (bicyclic) bond motifs is 7. The van der Waals surface area contributed by atoms with E-state index in [2.05, 4.69) is 0 Å². The Labute approximate surface area is 459 Å². The van der Waals surface area contributed by atoms with Gasteiger partial charge in [0.25, 0.3) is 0 Å². The Hall–Kier alpha value is -7.11. The van der Waals surface area contributed by atoms with Crippen LogP contribution in [0.25, 0.3) is 117 Å². The first kappa shape index (κ1) is 49.7. The lowest BCUT2D eigenvalue weighted by molar-refractivity contribution is 0.674. The Bertz CT molecular complexity index is 4410. The van der Waals surface area contributed by atoms with Crippen LogP contribution in [0.15, 0.2) is 114 Å². The van der Waals surface area contributed by atoms with Crippen LogP contribution >= 0.6 is 0 Å². The van der Waals surface area contributed by atoms with E-state index in [9.17, 15) is 0 Å². The van der Waals surface area contributed by atoms with Gasteiger partial charge in [-0.2, -0.15) is 0 Å². The van der Waals surface area contributed by atoms with E-state index in [1.165, 1.54) is 0 Å². The summed E-state index contributed by atoms with van der Waals surface area (Å²) in [4.78, 5) is 15.5. The topological polar surface area (TPSA) is 56.7 Å². The Balaban J connectivity index is 1.26. The van der Waals surface area contributed by atoms with Crippen LogP contribution in [-0.4, -0.2) is 145 Å². The summed E-state index contributed by atoms with van der Waals surface area (Å²) >= 11 is 0. The molecule has 0 spiro atoms. The van der Waals surface area contributed by atoms with Gasteiger partial charge in [0.15, 0.2) is 17.5 Å². The molecule has 312 valence electrons. The molecule has 76 heavy (non-hydrogen) atoms. The summed E-state index contributed by atoms with van der Waals surface area (Å²) in [6.07, 6.45) is 0. The molecule has 5 nitrogen and oxygen atoms in total. The van der Waals surface area contributed by atoms with Gasteiger partial charge in [-0.15, -0.1) is 32.8 Å². The van der Waals surface area contributed by atoms with Crippen LogP contribution in [0.3, 0.4) is 0 Å². The summed E-state index contributed by atoms with van der Waals surface area (Å²) in [5, 5.41) is 1.22. The van der Waals surface area contributed by atoms with Gasteiger partial charge in [0.05, 0.1) is 0 Å². The van der Waals surface area contributed by atoms with E-state index in [1.54, 1.807) is 4.57 Å². The van der Waals surface area contributed by atoms with Gasteiger partial charge in [-0.3, -0.25) is 0 Å². The molecule has 12 aromatic rings. The van der Waals surface area contributed by atoms with Crippen molar-refractivity contribution in [1.82, 2.24) is 19.5 Å². The largest absolute Gasteiger partial charge is 0.457 e. The highest BCUT2D eigenvalue weighted by Crippen LogP contribution is 2.37. The Kier molecular flexibility index (Phi) is 12.0. The normalized spacial score (nSPS) is 11.7. The first-order chi connectivity index (χ1) is 36.4. The van der Waals surface area contributed by atoms with E-state index in [0.717, 1.165) is 22.3 Å². The van der Waals surface area contributed by atoms with Gasteiger partial charge in [-0.1, -0.05) is 158 Å². The number of hydrogen-bond donors (Lipinski definition) is 0. The zero-order valence-corrected chi connectivity index (χ0v) is 40.3. The van der Waals surface area contributed by atoms with Crippen molar-refractivity contribution in [2.24, 2.45) is 0 Å². The van der Waals surface area contributed by atoms with E-state index in [0.29, 0.717) is 11.1 Å². The fraction of sp³-hybridized carbons (Fsp3) is 0. The van der Waals surface area contributed by atoms with E-state index >= 15 is 0 Å². The van der Waals surface area contributed by atoms with Gasteiger partial charge in [0.1, 0.15) is 137 Å². The van der Waals surface area contributed by atoms with Crippen molar-refractivity contribution in [3.8, 4) is 62.1 Å². The van der Waals surface area contributed by atoms with Crippen LogP contribution in [0, 0.1) is 0 Å². The number of furan rings is 1. The Morgan fingerprint density at radius 2 is 0.618 bits per heavy atom. The summed E-state index contributed by atoms with van der Waals surface area (Å²) < 4.78 is 8.27. The molecular weight excluding hydrogens is 906 g/mol. The molecule has 0 bridgehead atoms. The number of aromatic nitrogens is 4. The van der Waals surface area contributed by atoms with Crippen LogP contribution in [0.1, 0.15) is 0 Å². The second kappa shape index (κ2) is 18.3. The molecule has 0 N–H and O–H groups in total. The minimum Gasteiger partial charge on any atom is -0.457 e. The molecule has 3 aromatic heterocycles. The van der Waals surface area contributed by atoms with E-state index in [4.69, 9.17) is 145 Å². The molecule has 0 aliphatic rings. The lowest BCUT2D eigenvalue weighted by Crippen LogP contribution is -2.50. The molecule has 0 atom stereocenters. The molecule has 32 radical (unpaired) electrons. The predicted octanol–water partition coefficient (Wildman–Crippen LogP) is -4.94. The minimum atomic E-state index is -0.0968. The zero-order chi connectivity index (χ0) is 53.5. The first-order valence-corrected chi connectivity index (χ1v) is 23.5. The van der Waals surface area contributed by atoms with Gasteiger partial charge < -0.3 is 8.98 Å². The number of benzene rings is 9. The van der Waals surface area contributed by atoms with Crippen LogP contribution < -0.4 is 87.4 Å². The SMILES string of the molecule is [B]c1c([B])c([B])c2c(oc3c([B])c(-n4c5c([B])c([B])c([B])c([B])c5c5c([B])c6c([B])c([B])c([B])c([B])c6c([B])c54)c([B])c(-c4nc(-c5ccc(-c6ccccc6)cc5)nc(-c5ccc(-c6ccccc6)cc5)n4)c32)c1[B]. The fourth-order valence-corrected chi connectivity index (χ4v) is 10.5. The molecule has 21 heteroatoms. The number of rotatable bonds is 6. The van der Waals surface area contributed by atoms with Crippen LogP contribution in [-0.2, 0) is 0 Å². The van der Waals surface area contributed by atoms with Crippen molar-refractivity contribution in [2.45, 2.75) is 0 Å². The van der Waals surface area contributed by atoms with Gasteiger partial charge in [0.2, 0.25) is 0 Å². The van der Waals surface area contributed by atoms with Crippen molar-refractivity contribution < 1.29 is 4.42 Å². The van der Waals surface area contributed by atoms with Crippen molar-refractivity contribution in [3.05, 3.63) is 109 Å². The minimum absolute atomic E-state index is 0.00129. The monoisotopic (exact) mass is 926 g/mol. The van der Waals surface area contributed by atoms with E-state index in [1.807, 2.05) is 109 Å².